The number of hydrogen-bond acceptors (Lipinski definition) is 2. The lowest BCUT2D eigenvalue weighted by atomic mass is 10.1. The van der Waals surface area contributed by atoms with Crippen LogP contribution in [0.15, 0.2) is 0 Å². The van der Waals surface area contributed by atoms with Crippen LogP contribution in [0.5, 0.6) is 0 Å². The molecule has 0 radical (unpaired) electrons. The maximum atomic E-state index is 12.8. The Morgan fingerprint density at radius 2 is 1.71 bits per heavy atom. The van der Waals surface area contributed by atoms with Crippen molar-refractivity contribution in [2.24, 2.45) is 0 Å². The van der Waals surface area contributed by atoms with Crippen molar-refractivity contribution in [1.29, 1.82) is 0 Å². The lowest BCUT2D eigenvalue weighted by Gasteiger charge is -2.33. The molecular weight excluding hydrogens is 217 g/mol. The van der Waals surface area contributed by atoms with E-state index in [4.69, 9.17) is 0 Å². The highest BCUT2D eigenvalue weighted by Gasteiger charge is 2.29. The molecule has 1 fully saturated rings. The molecule has 1 heterocycles. The summed E-state index contributed by atoms with van der Waals surface area (Å²) in [5, 5.41) is 3.06. The van der Waals surface area contributed by atoms with Crippen LogP contribution in [0.1, 0.15) is 12.8 Å². The largest absolute Gasteiger partial charge is 0.317 e. The van der Waals surface area contributed by atoms with Gasteiger partial charge in [0.05, 0.1) is 0 Å². The van der Waals surface area contributed by atoms with Crippen LogP contribution in [0.25, 0.3) is 0 Å². The second-order valence-corrected chi connectivity index (χ2v) is 3.31. The molecule has 1 unspecified atom stereocenters. The molecule has 1 N–H and O–H groups in total. The third-order valence-corrected chi connectivity index (χ3v) is 2.49. The molecule has 0 spiro atoms. The predicted octanol–water partition coefficient (Wildman–Crippen LogP) is 1.65. The van der Waals surface area contributed by atoms with E-state index in [1.54, 1.807) is 0 Å². The summed E-state index contributed by atoms with van der Waals surface area (Å²) in [7, 11) is 1.83. The average molecular weight is 233 g/mol. The Hall–Kier alpha value is -0.0000000000000000555. The third-order valence-electron chi connectivity index (χ3n) is 2.49. The molecule has 6 heteroatoms. The van der Waals surface area contributed by atoms with Gasteiger partial charge in [-0.05, 0) is 19.9 Å². The Labute approximate surface area is 88.2 Å². The maximum absolute atomic E-state index is 12.8. The first kappa shape index (κ1) is 14.0. The lowest BCUT2D eigenvalue weighted by Crippen LogP contribution is -2.46. The fourth-order valence-corrected chi connectivity index (χ4v) is 1.59. The van der Waals surface area contributed by atoms with Crippen molar-refractivity contribution in [1.82, 2.24) is 10.2 Å². The zero-order valence-corrected chi connectivity index (χ0v) is 8.87. The molecule has 1 aliphatic heterocycles. The molecule has 0 amide bonds. The van der Waals surface area contributed by atoms with Crippen molar-refractivity contribution < 1.29 is 13.2 Å². The SMILES string of the molecule is CNC1CCN(C(F)C(F)F)CC1.Cl. The topological polar surface area (TPSA) is 15.3 Å². The number of rotatable bonds is 3. The van der Waals surface area contributed by atoms with Crippen molar-refractivity contribution in [3.8, 4) is 0 Å². The molecule has 0 aromatic rings. The van der Waals surface area contributed by atoms with E-state index in [9.17, 15) is 13.2 Å². The average Bonchev–Trinajstić information content (AvgIpc) is 2.17. The van der Waals surface area contributed by atoms with E-state index in [0.717, 1.165) is 12.8 Å². The van der Waals surface area contributed by atoms with Crippen LogP contribution in [0.3, 0.4) is 0 Å². The summed E-state index contributed by atoms with van der Waals surface area (Å²) in [4.78, 5) is 1.21. The van der Waals surface area contributed by atoms with E-state index in [2.05, 4.69) is 5.32 Å². The predicted molar refractivity (Wildman–Crippen MR) is 51.8 cm³/mol. The van der Waals surface area contributed by atoms with Gasteiger partial charge in [-0.25, -0.2) is 13.2 Å². The molecule has 0 aromatic carbocycles. The van der Waals surface area contributed by atoms with Gasteiger partial charge in [0.1, 0.15) is 0 Å². The van der Waals surface area contributed by atoms with Gasteiger partial charge < -0.3 is 5.32 Å². The lowest BCUT2D eigenvalue weighted by molar-refractivity contribution is -0.0581. The van der Waals surface area contributed by atoms with Crippen LogP contribution in [0.4, 0.5) is 13.2 Å². The van der Waals surface area contributed by atoms with Crippen molar-refractivity contribution in [2.75, 3.05) is 20.1 Å². The van der Waals surface area contributed by atoms with Crippen LogP contribution >= 0.6 is 12.4 Å². The number of halogens is 4. The summed E-state index contributed by atoms with van der Waals surface area (Å²) in [5.41, 5.74) is 0. The minimum atomic E-state index is -2.88. The van der Waals surface area contributed by atoms with Crippen molar-refractivity contribution in [2.45, 2.75) is 31.6 Å². The zero-order chi connectivity index (χ0) is 9.84. The van der Waals surface area contributed by atoms with E-state index in [-0.39, 0.29) is 12.4 Å². The van der Waals surface area contributed by atoms with Crippen molar-refractivity contribution >= 4 is 12.4 Å². The highest BCUT2D eigenvalue weighted by Crippen LogP contribution is 2.17. The first-order chi connectivity index (χ1) is 6.15. The molecular formula is C8H16ClF3N2. The molecule has 2 nitrogen and oxygen atoms in total. The smallest absolute Gasteiger partial charge is 0.282 e. The van der Waals surface area contributed by atoms with E-state index >= 15 is 0 Å². The molecule has 86 valence electrons. The summed E-state index contributed by atoms with van der Waals surface area (Å²) >= 11 is 0. The van der Waals surface area contributed by atoms with Crippen molar-refractivity contribution in [3.63, 3.8) is 0 Å². The van der Waals surface area contributed by atoms with Crippen LogP contribution in [0.2, 0.25) is 0 Å². The Morgan fingerprint density at radius 1 is 1.21 bits per heavy atom. The van der Waals surface area contributed by atoms with Gasteiger partial charge in [0, 0.05) is 19.1 Å². The number of nitrogens with zero attached hydrogens (tertiary/aromatic N) is 1. The van der Waals surface area contributed by atoms with Gasteiger partial charge >= 0.3 is 0 Å². The second kappa shape index (κ2) is 6.48. The number of piperidine rings is 1. The molecule has 0 saturated carbocycles. The van der Waals surface area contributed by atoms with Crippen LogP contribution in [0, 0.1) is 0 Å². The van der Waals surface area contributed by atoms with Gasteiger partial charge in [0.15, 0.2) is 0 Å². The minimum Gasteiger partial charge on any atom is -0.317 e. The molecule has 1 atom stereocenters. The Kier molecular flexibility index (Phi) is 6.48. The fourth-order valence-electron chi connectivity index (χ4n) is 1.59. The monoisotopic (exact) mass is 232 g/mol. The van der Waals surface area contributed by atoms with E-state index in [1.165, 1.54) is 4.90 Å². The Bertz CT molecular complexity index is 152. The third kappa shape index (κ3) is 3.63. The molecule has 1 aliphatic rings. The van der Waals surface area contributed by atoms with Gasteiger partial charge in [0.2, 0.25) is 6.30 Å². The molecule has 0 aliphatic carbocycles. The zero-order valence-electron chi connectivity index (χ0n) is 8.05. The van der Waals surface area contributed by atoms with Gasteiger partial charge in [-0.15, -0.1) is 12.4 Å². The summed E-state index contributed by atoms with van der Waals surface area (Å²) in [6.07, 6.45) is -3.49. The van der Waals surface area contributed by atoms with Gasteiger partial charge in [0.25, 0.3) is 6.43 Å². The summed E-state index contributed by atoms with van der Waals surface area (Å²) < 4.78 is 36.7. The van der Waals surface area contributed by atoms with E-state index in [1.807, 2.05) is 7.05 Å². The van der Waals surface area contributed by atoms with Gasteiger partial charge in [-0.2, -0.15) is 0 Å². The number of nitrogens with one attached hydrogen (secondary N) is 1. The standard InChI is InChI=1S/C8H15F3N2.ClH/c1-12-6-2-4-13(5-3-6)8(11)7(9)10;/h6-8,12H,2-5H2,1H3;1H. The highest BCUT2D eigenvalue weighted by atomic mass is 35.5. The summed E-state index contributed by atoms with van der Waals surface area (Å²) in [5.74, 6) is 0. The van der Waals surface area contributed by atoms with Crippen LogP contribution in [-0.4, -0.2) is 43.8 Å². The molecule has 14 heavy (non-hydrogen) atoms. The van der Waals surface area contributed by atoms with E-state index < -0.39 is 12.7 Å². The Morgan fingerprint density at radius 3 is 2.07 bits per heavy atom. The molecule has 1 rings (SSSR count). The quantitative estimate of drug-likeness (QED) is 0.745. The Balaban J connectivity index is 0.00000169. The molecule has 1 saturated heterocycles. The summed E-state index contributed by atoms with van der Waals surface area (Å²) in [6.45, 7) is 0.827. The van der Waals surface area contributed by atoms with Crippen LogP contribution < -0.4 is 5.32 Å². The number of likely N-dealkylation sites (tertiary alicyclic amines) is 1. The number of hydrogen-bond donors (Lipinski definition) is 1. The van der Waals surface area contributed by atoms with Gasteiger partial charge in [-0.1, -0.05) is 0 Å². The fraction of sp³-hybridized carbons (Fsp3) is 1.00. The molecule has 0 aromatic heterocycles. The maximum Gasteiger partial charge on any atom is 0.282 e. The van der Waals surface area contributed by atoms with Gasteiger partial charge in [-0.3, -0.25) is 4.90 Å². The van der Waals surface area contributed by atoms with E-state index in [0.29, 0.717) is 19.1 Å². The first-order valence-electron chi connectivity index (χ1n) is 4.48. The minimum absolute atomic E-state index is 0. The van der Waals surface area contributed by atoms with Crippen molar-refractivity contribution in [3.05, 3.63) is 0 Å². The van der Waals surface area contributed by atoms with Crippen LogP contribution in [-0.2, 0) is 0 Å². The number of alkyl halides is 3. The summed E-state index contributed by atoms with van der Waals surface area (Å²) in [6, 6.07) is 0.348. The highest BCUT2D eigenvalue weighted by molar-refractivity contribution is 5.85. The molecule has 0 bridgehead atoms. The second-order valence-electron chi connectivity index (χ2n) is 3.31. The normalized spacial score (nSPS) is 22.1. The first-order valence-corrected chi connectivity index (χ1v) is 4.48.